The molecule has 10 heteroatoms. The maximum absolute atomic E-state index is 13.2. The van der Waals surface area contributed by atoms with Gasteiger partial charge in [0.25, 0.3) is 5.56 Å². The Balaban J connectivity index is 1.63. The van der Waals surface area contributed by atoms with Crippen molar-refractivity contribution in [1.82, 2.24) is 19.1 Å². The van der Waals surface area contributed by atoms with Crippen LogP contribution in [0.2, 0.25) is 0 Å². The molecule has 0 fully saturated rings. The zero-order chi connectivity index (χ0) is 24.1. The summed E-state index contributed by atoms with van der Waals surface area (Å²) >= 11 is 0. The van der Waals surface area contributed by atoms with Crippen LogP contribution in [0.4, 0.5) is 5.69 Å². The number of esters is 1. The highest BCUT2D eigenvalue weighted by atomic mass is 16.5. The van der Waals surface area contributed by atoms with Crippen molar-refractivity contribution < 1.29 is 14.3 Å². The molecule has 3 aromatic heterocycles. The Morgan fingerprint density at radius 1 is 0.971 bits per heavy atom. The predicted octanol–water partition coefficient (Wildman–Crippen LogP) is 1.82. The van der Waals surface area contributed by atoms with Crippen LogP contribution < -0.4 is 16.6 Å². The highest BCUT2D eigenvalue weighted by Gasteiger charge is 2.17. The summed E-state index contributed by atoms with van der Waals surface area (Å²) in [5.74, 6) is -0.937. The van der Waals surface area contributed by atoms with Gasteiger partial charge >= 0.3 is 11.7 Å². The third-order valence-electron chi connectivity index (χ3n) is 5.06. The average Bonchev–Trinajstić information content (AvgIpc) is 2.85. The molecule has 4 rings (SSSR count). The molecule has 10 nitrogen and oxygen atoms in total. The molecule has 4 aromatic rings. The minimum absolute atomic E-state index is 0.0175. The van der Waals surface area contributed by atoms with E-state index < -0.39 is 23.1 Å². The van der Waals surface area contributed by atoms with Gasteiger partial charge in [-0.3, -0.25) is 23.7 Å². The zero-order valence-electron chi connectivity index (χ0n) is 18.3. The molecular weight excluding hydrogens is 438 g/mol. The fourth-order valence-electron chi connectivity index (χ4n) is 3.45. The Bertz CT molecular complexity index is 1460. The molecule has 0 unspecified atom stereocenters. The summed E-state index contributed by atoms with van der Waals surface area (Å²) < 4.78 is 7.21. The number of nitrogens with zero attached hydrogens (tertiary/aromatic N) is 4. The number of rotatable bonds is 7. The highest BCUT2D eigenvalue weighted by molar-refractivity contribution is 5.93. The smallest absolute Gasteiger partial charge is 0.338 e. The van der Waals surface area contributed by atoms with Crippen molar-refractivity contribution in [1.29, 1.82) is 0 Å². The second-order valence-electron chi connectivity index (χ2n) is 7.33. The molecule has 3 heterocycles. The number of benzene rings is 1. The van der Waals surface area contributed by atoms with Crippen molar-refractivity contribution >= 4 is 28.6 Å². The first-order valence-electron chi connectivity index (χ1n) is 10.5. The third kappa shape index (κ3) is 4.75. The van der Waals surface area contributed by atoms with Crippen LogP contribution in [0.5, 0.6) is 0 Å². The Hall–Kier alpha value is -4.60. The summed E-state index contributed by atoms with van der Waals surface area (Å²) in [7, 11) is 0. The number of carbonyl (C=O) groups excluding carboxylic acids is 2. The summed E-state index contributed by atoms with van der Waals surface area (Å²) in [6.07, 6.45) is 4.60. The van der Waals surface area contributed by atoms with E-state index in [0.29, 0.717) is 16.8 Å². The minimum Gasteiger partial charge on any atom is -0.462 e. The largest absolute Gasteiger partial charge is 0.462 e. The predicted molar refractivity (Wildman–Crippen MR) is 125 cm³/mol. The second-order valence-corrected chi connectivity index (χ2v) is 7.33. The monoisotopic (exact) mass is 459 g/mol. The van der Waals surface area contributed by atoms with Crippen molar-refractivity contribution in [2.75, 3.05) is 11.9 Å². The number of nitrogens with one attached hydrogen (secondary N) is 1. The minimum atomic E-state index is -0.630. The Morgan fingerprint density at radius 3 is 2.41 bits per heavy atom. The molecule has 0 bridgehead atoms. The van der Waals surface area contributed by atoms with Crippen molar-refractivity contribution in [3.8, 4) is 0 Å². The lowest BCUT2D eigenvalue weighted by atomic mass is 10.2. The number of fused-ring (bicyclic) bond motifs is 1. The van der Waals surface area contributed by atoms with Crippen molar-refractivity contribution in [3.05, 3.63) is 99.1 Å². The van der Waals surface area contributed by atoms with E-state index in [4.69, 9.17) is 4.74 Å². The van der Waals surface area contributed by atoms with Crippen LogP contribution in [-0.2, 0) is 22.6 Å². The van der Waals surface area contributed by atoms with Crippen LogP contribution in [0.3, 0.4) is 0 Å². The molecule has 0 aliphatic heterocycles. The fraction of sp³-hybridized carbons (Fsp3) is 0.167. The first-order chi connectivity index (χ1) is 16.5. The number of hydrogen-bond donors (Lipinski definition) is 1. The number of carbonyl (C=O) groups is 2. The summed E-state index contributed by atoms with van der Waals surface area (Å²) in [5.41, 5.74) is 0.690. The molecule has 34 heavy (non-hydrogen) atoms. The van der Waals surface area contributed by atoms with Crippen LogP contribution in [0.25, 0.3) is 11.0 Å². The van der Waals surface area contributed by atoms with Gasteiger partial charge in [-0.25, -0.2) is 14.6 Å². The Kier molecular flexibility index (Phi) is 6.58. The molecule has 0 aliphatic carbocycles. The Labute approximate surface area is 193 Å². The SMILES string of the molecule is CCOC(=O)c1ccc(NC(=O)Cn2c(=O)n(Cc3ccncc3)c(=O)c3ncccc32)cc1. The number of pyridine rings is 2. The lowest BCUT2D eigenvalue weighted by Gasteiger charge is -2.14. The van der Waals surface area contributed by atoms with E-state index in [1.807, 2.05) is 0 Å². The number of anilines is 1. The summed E-state index contributed by atoms with van der Waals surface area (Å²) in [5, 5.41) is 2.70. The van der Waals surface area contributed by atoms with Gasteiger partial charge in [0.05, 0.1) is 24.2 Å². The molecule has 0 radical (unpaired) electrons. The first-order valence-corrected chi connectivity index (χ1v) is 10.5. The number of aromatic nitrogens is 4. The quantitative estimate of drug-likeness (QED) is 0.418. The molecule has 172 valence electrons. The number of hydrogen-bond acceptors (Lipinski definition) is 7. The van der Waals surface area contributed by atoms with Gasteiger partial charge in [0.15, 0.2) is 5.52 Å². The fourth-order valence-corrected chi connectivity index (χ4v) is 3.45. The number of amides is 1. The molecule has 0 atom stereocenters. The summed E-state index contributed by atoms with van der Waals surface area (Å²) in [6.45, 7) is 1.66. The highest BCUT2D eigenvalue weighted by Crippen LogP contribution is 2.12. The molecule has 0 aliphatic rings. The topological polar surface area (TPSA) is 125 Å². The molecule has 1 aromatic carbocycles. The number of ether oxygens (including phenoxy) is 1. The van der Waals surface area contributed by atoms with Crippen LogP contribution in [0, 0.1) is 0 Å². The van der Waals surface area contributed by atoms with E-state index in [1.165, 1.54) is 22.9 Å². The van der Waals surface area contributed by atoms with Gasteiger partial charge in [-0.05, 0) is 61.0 Å². The van der Waals surface area contributed by atoms with Gasteiger partial charge < -0.3 is 10.1 Å². The lowest BCUT2D eigenvalue weighted by Crippen LogP contribution is -2.42. The second kappa shape index (κ2) is 9.90. The summed E-state index contributed by atoms with van der Waals surface area (Å²) in [6, 6.07) is 12.8. The van der Waals surface area contributed by atoms with Crippen molar-refractivity contribution in [2.24, 2.45) is 0 Å². The molecular formula is C24H21N5O5. The van der Waals surface area contributed by atoms with Crippen LogP contribution in [0.1, 0.15) is 22.8 Å². The molecule has 0 saturated carbocycles. The van der Waals surface area contributed by atoms with Crippen molar-refractivity contribution in [2.45, 2.75) is 20.0 Å². The van der Waals surface area contributed by atoms with Gasteiger partial charge in [0.2, 0.25) is 5.91 Å². The van der Waals surface area contributed by atoms with E-state index in [0.717, 1.165) is 4.57 Å². The molecule has 0 spiro atoms. The van der Waals surface area contributed by atoms with Gasteiger partial charge in [0.1, 0.15) is 6.54 Å². The Morgan fingerprint density at radius 2 is 1.71 bits per heavy atom. The zero-order valence-corrected chi connectivity index (χ0v) is 18.3. The standard InChI is InChI=1S/C24H21N5O5/c1-2-34-23(32)17-5-7-18(8-6-17)27-20(30)15-28-19-4-3-11-26-21(19)22(31)29(24(28)33)14-16-9-12-25-13-10-16/h3-13H,2,14-15H2,1H3,(H,27,30). The average molecular weight is 459 g/mol. The molecule has 0 saturated heterocycles. The van der Waals surface area contributed by atoms with Gasteiger partial charge in [-0.2, -0.15) is 0 Å². The summed E-state index contributed by atoms with van der Waals surface area (Å²) in [4.78, 5) is 58.8. The van der Waals surface area contributed by atoms with E-state index in [2.05, 4.69) is 15.3 Å². The van der Waals surface area contributed by atoms with E-state index in [1.54, 1.807) is 55.7 Å². The van der Waals surface area contributed by atoms with Gasteiger partial charge in [-0.15, -0.1) is 0 Å². The normalized spacial score (nSPS) is 10.7. The third-order valence-corrected chi connectivity index (χ3v) is 5.06. The lowest BCUT2D eigenvalue weighted by molar-refractivity contribution is -0.116. The maximum Gasteiger partial charge on any atom is 0.338 e. The van der Waals surface area contributed by atoms with Crippen LogP contribution >= 0.6 is 0 Å². The van der Waals surface area contributed by atoms with E-state index >= 15 is 0 Å². The molecule has 1 N–H and O–H groups in total. The van der Waals surface area contributed by atoms with E-state index in [-0.39, 0.29) is 30.7 Å². The first kappa shape index (κ1) is 22.6. The van der Waals surface area contributed by atoms with Crippen molar-refractivity contribution in [3.63, 3.8) is 0 Å². The van der Waals surface area contributed by atoms with E-state index in [9.17, 15) is 19.2 Å². The van der Waals surface area contributed by atoms with Crippen LogP contribution in [-0.4, -0.2) is 37.6 Å². The van der Waals surface area contributed by atoms with Gasteiger partial charge in [0, 0.05) is 24.3 Å². The van der Waals surface area contributed by atoms with Crippen LogP contribution in [0.15, 0.2) is 76.7 Å². The maximum atomic E-state index is 13.2. The van der Waals surface area contributed by atoms with Gasteiger partial charge in [-0.1, -0.05) is 0 Å². The molecule has 1 amide bonds.